The lowest BCUT2D eigenvalue weighted by Gasteiger charge is -2.33. The molecular weight excluding hydrogens is 400 g/mol. The fourth-order valence-electron chi connectivity index (χ4n) is 5.21. The number of carbonyl (C=O) groups is 1. The van der Waals surface area contributed by atoms with Crippen LogP contribution >= 0.6 is 0 Å². The Balaban J connectivity index is 1.21. The maximum absolute atomic E-state index is 12.7. The van der Waals surface area contributed by atoms with Gasteiger partial charge < -0.3 is 19.3 Å². The van der Waals surface area contributed by atoms with Crippen molar-refractivity contribution in [1.29, 1.82) is 0 Å². The fraction of sp³-hybridized carbons (Fsp3) is 0.519. The number of nitrogens with zero attached hydrogens (tertiary/aromatic N) is 2. The second kappa shape index (κ2) is 9.63. The van der Waals surface area contributed by atoms with Crippen molar-refractivity contribution in [2.24, 2.45) is 0 Å². The van der Waals surface area contributed by atoms with Gasteiger partial charge in [0.2, 0.25) is 0 Å². The Morgan fingerprint density at radius 2 is 1.78 bits per heavy atom. The zero-order valence-corrected chi connectivity index (χ0v) is 19.1. The smallest absolute Gasteiger partial charge is 0.254 e. The lowest BCUT2D eigenvalue weighted by atomic mass is 9.99. The van der Waals surface area contributed by atoms with Gasteiger partial charge in [0, 0.05) is 37.7 Å². The van der Waals surface area contributed by atoms with E-state index in [9.17, 15) is 4.79 Å². The number of piperidine rings is 1. The largest absolute Gasteiger partial charge is 0.490 e. The van der Waals surface area contributed by atoms with Crippen LogP contribution in [0, 0.1) is 0 Å². The van der Waals surface area contributed by atoms with E-state index >= 15 is 0 Å². The van der Waals surface area contributed by atoms with E-state index in [2.05, 4.69) is 42.2 Å². The Labute approximate surface area is 191 Å². The zero-order chi connectivity index (χ0) is 21.9. The van der Waals surface area contributed by atoms with E-state index in [1.54, 1.807) is 0 Å². The molecule has 32 heavy (non-hydrogen) atoms. The van der Waals surface area contributed by atoms with Crippen LogP contribution in [0.4, 0.5) is 0 Å². The minimum atomic E-state index is 0.0908. The van der Waals surface area contributed by atoms with Crippen LogP contribution in [0.3, 0.4) is 0 Å². The molecule has 0 saturated carbocycles. The minimum Gasteiger partial charge on any atom is -0.490 e. The predicted octanol–water partition coefficient (Wildman–Crippen LogP) is 4.39. The summed E-state index contributed by atoms with van der Waals surface area (Å²) in [6.07, 6.45) is 6.38. The number of morpholine rings is 1. The fourth-order valence-corrected chi connectivity index (χ4v) is 5.21. The summed E-state index contributed by atoms with van der Waals surface area (Å²) in [5.74, 6) is 1.12. The molecular formula is C27H34N2O3. The topological polar surface area (TPSA) is 42.0 Å². The molecule has 3 aliphatic heterocycles. The highest BCUT2D eigenvalue weighted by molar-refractivity contribution is 5.94. The van der Waals surface area contributed by atoms with Crippen LogP contribution in [0.2, 0.25) is 0 Å². The average Bonchev–Trinajstić information content (AvgIpc) is 3.26. The van der Waals surface area contributed by atoms with E-state index < -0.39 is 0 Å². The Hall–Kier alpha value is -2.37. The van der Waals surface area contributed by atoms with Crippen LogP contribution in [0.15, 0.2) is 42.5 Å². The molecule has 2 fully saturated rings. The van der Waals surface area contributed by atoms with E-state index in [0.717, 1.165) is 36.3 Å². The lowest BCUT2D eigenvalue weighted by molar-refractivity contribution is 0.0303. The first-order valence-corrected chi connectivity index (χ1v) is 12.2. The molecule has 0 aromatic heterocycles. The average molecular weight is 435 g/mol. The molecule has 0 bridgehead atoms. The number of ether oxygens (including phenoxy) is 2. The molecule has 2 aromatic rings. The lowest BCUT2D eigenvalue weighted by Crippen LogP contribution is -2.40. The van der Waals surface area contributed by atoms with Crippen LogP contribution in [-0.2, 0) is 11.2 Å². The monoisotopic (exact) mass is 434 g/mol. The number of likely N-dealkylation sites (tertiary alicyclic amines) is 1. The van der Waals surface area contributed by atoms with Gasteiger partial charge in [-0.2, -0.15) is 0 Å². The van der Waals surface area contributed by atoms with Crippen LogP contribution in [-0.4, -0.2) is 67.2 Å². The summed E-state index contributed by atoms with van der Waals surface area (Å²) in [4.78, 5) is 17.2. The Bertz CT molecular complexity index is 936. The van der Waals surface area contributed by atoms with Crippen molar-refractivity contribution in [3.05, 3.63) is 53.6 Å². The molecule has 0 radical (unpaired) electrons. The first-order chi connectivity index (χ1) is 15.7. The standard InChI is InChI=1S/C27H34N2O3/c1-20-4-2-3-12-28(20)13-11-25-19-24-18-23(9-10-26(24)32-25)21-5-7-22(8-6-21)27(30)29-14-16-31-17-15-29/h5-10,18,20,25H,2-4,11-17,19H2,1H3. The molecule has 5 heteroatoms. The third-order valence-electron chi connectivity index (χ3n) is 7.24. The normalized spacial score (nSPS) is 23.6. The van der Waals surface area contributed by atoms with E-state index in [-0.39, 0.29) is 12.0 Å². The van der Waals surface area contributed by atoms with E-state index in [1.807, 2.05) is 17.0 Å². The maximum atomic E-state index is 12.7. The summed E-state index contributed by atoms with van der Waals surface area (Å²) in [7, 11) is 0. The van der Waals surface area contributed by atoms with Gasteiger partial charge in [0.1, 0.15) is 11.9 Å². The van der Waals surface area contributed by atoms with E-state index in [1.165, 1.54) is 36.9 Å². The highest BCUT2D eigenvalue weighted by Gasteiger charge is 2.26. The van der Waals surface area contributed by atoms with Gasteiger partial charge in [-0.1, -0.05) is 24.6 Å². The summed E-state index contributed by atoms with van der Waals surface area (Å²) in [5.41, 5.74) is 4.36. The molecule has 170 valence electrons. The van der Waals surface area contributed by atoms with E-state index in [0.29, 0.717) is 32.3 Å². The van der Waals surface area contributed by atoms with Crippen molar-refractivity contribution in [2.45, 2.75) is 51.2 Å². The molecule has 1 amide bonds. The number of hydrogen-bond donors (Lipinski definition) is 0. The predicted molar refractivity (Wildman–Crippen MR) is 126 cm³/mol. The molecule has 2 aromatic carbocycles. The summed E-state index contributed by atoms with van der Waals surface area (Å²) >= 11 is 0. The van der Waals surface area contributed by atoms with Crippen molar-refractivity contribution in [3.8, 4) is 16.9 Å². The molecule has 3 heterocycles. The third-order valence-corrected chi connectivity index (χ3v) is 7.24. The number of amides is 1. The molecule has 0 aliphatic carbocycles. The number of benzene rings is 2. The van der Waals surface area contributed by atoms with Crippen molar-refractivity contribution in [3.63, 3.8) is 0 Å². The summed E-state index contributed by atoms with van der Waals surface area (Å²) in [6.45, 7) is 7.31. The molecule has 2 unspecified atom stereocenters. The number of fused-ring (bicyclic) bond motifs is 1. The van der Waals surface area contributed by atoms with Crippen LogP contribution in [0.1, 0.15) is 48.5 Å². The van der Waals surface area contributed by atoms with Gasteiger partial charge in [-0.3, -0.25) is 4.79 Å². The van der Waals surface area contributed by atoms with Gasteiger partial charge in [0.15, 0.2) is 0 Å². The molecule has 2 atom stereocenters. The number of hydrogen-bond acceptors (Lipinski definition) is 4. The van der Waals surface area contributed by atoms with Crippen molar-refractivity contribution in [1.82, 2.24) is 9.80 Å². The number of rotatable bonds is 5. The van der Waals surface area contributed by atoms with Crippen LogP contribution in [0.5, 0.6) is 5.75 Å². The summed E-state index contributed by atoms with van der Waals surface area (Å²) < 4.78 is 11.6. The Morgan fingerprint density at radius 3 is 2.56 bits per heavy atom. The Morgan fingerprint density at radius 1 is 1.00 bits per heavy atom. The second-order valence-electron chi connectivity index (χ2n) is 9.42. The molecule has 5 nitrogen and oxygen atoms in total. The van der Waals surface area contributed by atoms with Crippen LogP contribution in [0.25, 0.3) is 11.1 Å². The summed E-state index contributed by atoms with van der Waals surface area (Å²) in [6, 6.07) is 15.2. The first kappa shape index (κ1) is 21.5. The molecule has 2 saturated heterocycles. The third kappa shape index (κ3) is 4.69. The minimum absolute atomic E-state index is 0.0908. The molecule has 5 rings (SSSR count). The van der Waals surface area contributed by atoms with E-state index in [4.69, 9.17) is 9.47 Å². The highest BCUT2D eigenvalue weighted by Crippen LogP contribution is 2.34. The second-order valence-corrected chi connectivity index (χ2v) is 9.42. The van der Waals surface area contributed by atoms with Gasteiger partial charge >= 0.3 is 0 Å². The van der Waals surface area contributed by atoms with Gasteiger partial charge in [-0.25, -0.2) is 0 Å². The van der Waals surface area contributed by atoms with Crippen molar-refractivity contribution in [2.75, 3.05) is 39.4 Å². The molecule has 3 aliphatic rings. The number of carbonyl (C=O) groups excluding carboxylic acids is 1. The van der Waals surface area contributed by atoms with Crippen molar-refractivity contribution >= 4 is 5.91 Å². The zero-order valence-electron chi connectivity index (χ0n) is 19.1. The van der Waals surface area contributed by atoms with Crippen molar-refractivity contribution < 1.29 is 14.3 Å². The first-order valence-electron chi connectivity index (χ1n) is 12.2. The Kier molecular flexibility index (Phi) is 6.47. The van der Waals surface area contributed by atoms with Crippen LogP contribution < -0.4 is 4.74 Å². The summed E-state index contributed by atoms with van der Waals surface area (Å²) in [5, 5.41) is 0. The highest BCUT2D eigenvalue weighted by atomic mass is 16.5. The van der Waals surface area contributed by atoms with Gasteiger partial charge in [-0.15, -0.1) is 0 Å². The molecule has 0 spiro atoms. The van der Waals surface area contributed by atoms with Gasteiger partial charge in [0.05, 0.1) is 13.2 Å². The maximum Gasteiger partial charge on any atom is 0.254 e. The van der Waals surface area contributed by atoms with Gasteiger partial charge in [0.25, 0.3) is 5.91 Å². The molecule has 0 N–H and O–H groups in total. The SMILES string of the molecule is CC1CCCCN1CCC1Cc2cc(-c3ccc(C(=O)N4CCOCC4)cc3)ccc2O1. The van der Waals surface area contributed by atoms with Gasteiger partial charge in [-0.05, 0) is 73.7 Å². The quantitative estimate of drug-likeness (QED) is 0.700.